The van der Waals surface area contributed by atoms with Crippen molar-refractivity contribution in [3.63, 3.8) is 0 Å². The van der Waals surface area contributed by atoms with Gasteiger partial charge in [-0.15, -0.1) is 0 Å². The maximum absolute atomic E-state index is 13.7. The van der Waals surface area contributed by atoms with Crippen LogP contribution in [0, 0.1) is 11.2 Å². The third-order valence-corrected chi connectivity index (χ3v) is 4.84. The lowest BCUT2D eigenvalue weighted by Gasteiger charge is -2.28. The zero-order chi connectivity index (χ0) is 14.8. The van der Waals surface area contributed by atoms with E-state index in [1.807, 2.05) is 13.8 Å². The Bertz CT molecular complexity index is 561. The molecule has 1 aromatic rings. The standard InChI is InChI=1S/C12H18ClFN2O2S/c1-12(2,7-15)8-16(3)19(17,18)11-6-9(13)4-5-10(11)14/h4-6H,7-8,15H2,1-3H3. The first kappa shape index (κ1) is 16.4. The smallest absolute Gasteiger partial charge is 0.245 e. The van der Waals surface area contributed by atoms with Gasteiger partial charge in [-0.05, 0) is 30.2 Å². The lowest BCUT2D eigenvalue weighted by atomic mass is 9.94. The quantitative estimate of drug-likeness (QED) is 0.906. The SMILES string of the molecule is CN(CC(C)(C)CN)S(=O)(=O)c1cc(Cl)ccc1F. The minimum atomic E-state index is -3.92. The van der Waals surface area contributed by atoms with Gasteiger partial charge in [0.1, 0.15) is 10.7 Å². The monoisotopic (exact) mass is 308 g/mol. The van der Waals surface area contributed by atoms with Crippen LogP contribution >= 0.6 is 11.6 Å². The number of hydrogen-bond donors (Lipinski definition) is 1. The Morgan fingerprint density at radius 3 is 2.53 bits per heavy atom. The predicted molar refractivity (Wildman–Crippen MR) is 74.1 cm³/mol. The van der Waals surface area contributed by atoms with Crippen molar-refractivity contribution in [3.8, 4) is 0 Å². The number of sulfonamides is 1. The van der Waals surface area contributed by atoms with Gasteiger partial charge in [0, 0.05) is 18.6 Å². The minimum Gasteiger partial charge on any atom is -0.330 e. The van der Waals surface area contributed by atoms with Crippen LogP contribution in [0.2, 0.25) is 5.02 Å². The van der Waals surface area contributed by atoms with Crippen LogP contribution in [-0.2, 0) is 10.0 Å². The summed E-state index contributed by atoms with van der Waals surface area (Å²) in [5, 5.41) is 0.173. The third-order valence-electron chi connectivity index (χ3n) is 2.78. The Labute approximate surface area is 118 Å². The second-order valence-corrected chi connectivity index (χ2v) is 7.65. The largest absolute Gasteiger partial charge is 0.330 e. The highest BCUT2D eigenvalue weighted by atomic mass is 35.5. The van der Waals surface area contributed by atoms with Crippen molar-refractivity contribution in [2.45, 2.75) is 18.7 Å². The van der Waals surface area contributed by atoms with Crippen molar-refractivity contribution < 1.29 is 12.8 Å². The number of rotatable bonds is 5. The van der Waals surface area contributed by atoms with Gasteiger partial charge < -0.3 is 5.73 Å². The molecule has 0 atom stereocenters. The van der Waals surface area contributed by atoms with Crippen LogP contribution in [0.25, 0.3) is 0 Å². The van der Waals surface area contributed by atoms with E-state index >= 15 is 0 Å². The van der Waals surface area contributed by atoms with Crippen LogP contribution in [0.1, 0.15) is 13.8 Å². The highest BCUT2D eigenvalue weighted by molar-refractivity contribution is 7.89. The molecule has 0 fully saturated rings. The van der Waals surface area contributed by atoms with Gasteiger partial charge in [-0.1, -0.05) is 25.4 Å². The average Bonchev–Trinajstić information content (AvgIpc) is 2.31. The van der Waals surface area contributed by atoms with E-state index in [-0.39, 0.29) is 11.6 Å². The summed E-state index contributed by atoms with van der Waals surface area (Å²) in [4.78, 5) is -0.421. The van der Waals surface area contributed by atoms with E-state index in [4.69, 9.17) is 17.3 Å². The number of hydrogen-bond acceptors (Lipinski definition) is 3. The van der Waals surface area contributed by atoms with Crippen molar-refractivity contribution in [2.75, 3.05) is 20.1 Å². The molecule has 19 heavy (non-hydrogen) atoms. The topological polar surface area (TPSA) is 63.4 Å². The average molecular weight is 309 g/mol. The molecule has 0 radical (unpaired) electrons. The second-order valence-electron chi connectivity index (χ2n) is 5.20. The van der Waals surface area contributed by atoms with Crippen LogP contribution in [0.3, 0.4) is 0 Å². The first-order valence-electron chi connectivity index (χ1n) is 5.71. The molecule has 108 valence electrons. The maximum Gasteiger partial charge on any atom is 0.245 e. The molecule has 4 nitrogen and oxygen atoms in total. The summed E-state index contributed by atoms with van der Waals surface area (Å²) in [6.07, 6.45) is 0. The molecule has 0 aliphatic carbocycles. The van der Waals surface area contributed by atoms with E-state index in [1.165, 1.54) is 13.1 Å². The Morgan fingerprint density at radius 2 is 2.00 bits per heavy atom. The zero-order valence-electron chi connectivity index (χ0n) is 11.2. The Kier molecular flexibility index (Phi) is 4.95. The molecule has 0 saturated heterocycles. The maximum atomic E-state index is 13.7. The highest BCUT2D eigenvalue weighted by Crippen LogP contribution is 2.24. The highest BCUT2D eigenvalue weighted by Gasteiger charge is 2.29. The van der Waals surface area contributed by atoms with Crippen molar-refractivity contribution in [1.29, 1.82) is 0 Å². The van der Waals surface area contributed by atoms with Gasteiger partial charge in [-0.25, -0.2) is 17.1 Å². The molecule has 0 bridgehead atoms. The summed E-state index contributed by atoms with van der Waals surface area (Å²) in [5.74, 6) is -0.818. The van der Waals surface area contributed by atoms with Gasteiger partial charge in [0.05, 0.1) is 0 Å². The molecule has 2 N–H and O–H groups in total. The third kappa shape index (κ3) is 3.89. The molecule has 0 aliphatic rings. The lowest BCUT2D eigenvalue weighted by Crippen LogP contribution is -2.40. The molecule has 0 spiro atoms. The van der Waals surface area contributed by atoms with Crippen LogP contribution in [0.4, 0.5) is 4.39 Å². The van der Waals surface area contributed by atoms with Crippen molar-refractivity contribution in [2.24, 2.45) is 11.1 Å². The first-order valence-corrected chi connectivity index (χ1v) is 7.53. The van der Waals surface area contributed by atoms with E-state index < -0.39 is 26.2 Å². The number of halogens is 2. The Hall–Kier alpha value is -0.690. The summed E-state index contributed by atoms with van der Waals surface area (Å²) in [6, 6.07) is 3.45. The fraction of sp³-hybridized carbons (Fsp3) is 0.500. The van der Waals surface area contributed by atoms with Gasteiger partial charge in [0.15, 0.2) is 0 Å². The summed E-state index contributed by atoms with van der Waals surface area (Å²) < 4.78 is 39.3. The normalized spacial score (nSPS) is 13.0. The number of nitrogens with two attached hydrogens (primary N) is 1. The van der Waals surface area contributed by atoms with E-state index in [9.17, 15) is 12.8 Å². The predicted octanol–water partition coefficient (Wildman–Crippen LogP) is 2.08. The molecule has 0 amide bonds. The molecule has 0 unspecified atom stereocenters. The molecule has 0 saturated carbocycles. The van der Waals surface area contributed by atoms with Gasteiger partial charge in [-0.3, -0.25) is 0 Å². The molecule has 1 rings (SSSR count). The molecule has 0 heterocycles. The molecular weight excluding hydrogens is 291 g/mol. The number of nitrogens with zero attached hydrogens (tertiary/aromatic N) is 1. The molecular formula is C12H18ClFN2O2S. The Balaban J connectivity index is 3.14. The van der Waals surface area contributed by atoms with Crippen LogP contribution in [0.5, 0.6) is 0 Å². The summed E-state index contributed by atoms with van der Waals surface area (Å²) in [6.45, 7) is 4.20. The molecule has 0 aromatic heterocycles. The van der Waals surface area contributed by atoms with E-state index in [0.717, 1.165) is 16.4 Å². The van der Waals surface area contributed by atoms with Crippen molar-refractivity contribution in [1.82, 2.24) is 4.31 Å². The van der Waals surface area contributed by atoms with Gasteiger partial charge in [-0.2, -0.15) is 0 Å². The fourth-order valence-corrected chi connectivity index (χ4v) is 3.28. The van der Waals surface area contributed by atoms with Crippen LogP contribution in [0.15, 0.2) is 23.1 Å². The van der Waals surface area contributed by atoms with Gasteiger partial charge in [0.25, 0.3) is 0 Å². The van der Waals surface area contributed by atoms with Gasteiger partial charge >= 0.3 is 0 Å². The summed E-state index contributed by atoms with van der Waals surface area (Å²) in [7, 11) is -2.52. The lowest BCUT2D eigenvalue weighted by molar-refractivity contribution is 0.291. The first-order chi connectivity index (χ1) is 8.60. The fourth-order valence-electron chi connectivity index (χ4n) is 1.60. The number of benzene rings is 1. The van der Waals surface area contributed by atoms with E-state index in [0.29, 0.717) is 6.54 Å². The molecule has 7 heteroatoms. The summed E-state index contributed by atoms with van der Waals surface area (Å²) >= 11 is 5.72. The molecule has 1 aromatic carbocycles. The summed E-state index contributed by atoms with van der Waals surface area (Å²) in [5.41, 5.74) is 5.18. The van der Waals surface area contributed by atoms with Gasteiger partial charge in [0.2, 0.25) is 10.0 Å². The van der Waals surface area contributed by atoms with Crippen LogP contribution < -0.4 is 5.73 Å². The Morgan fingerprint density at radius 1 is 1.42 bits per heavy atom. The van der Waals surface area contributed by atoms with Crippen LogP contribution in [-0.4, -0.2) is 32.9 Å². The molecule has 0 aliphatic heterocycles. The zero-order valence-corrected chi connectivity index (χ0v) is 12.7. The minimum absolute atomic E-state index is 0.173. The van der Waals surface area contributed by atoms with Crippen molar-refractivity contribution >= 4 is 21.6 Å². The van der Waals surface area contributed by atoms with Crippen molar-refractivity contribution in [3.05, 3.63) is 29.0 Å². The van der Waals surface area contributed by atoms with E-state index in [1.54, 1.807) is 0 Å². The second kappa shape index (κ2) is 5.75. The van der Waals surface area contributed by atoms with E-state index in [2.05, 4.69) is 0 Å².